The number of aromatic hydroxyl groups is 1. The van der Waals surface area contributed by atoms with E-state index in [1.54, 1.807) is 6.07 Å². The number of nitrogens with zero attached hydrogens (tertiary/aromatic N) is 3. The summed E-state index contributed by atoms with van der Waals surface area (Å²) < 4.78 is 18.7. The lowest BCUT2D eigenvalue weighted by Gasteiger charge is -2.30. The summed E-state index contributed by atoms with van der Waals surface area (Å²) in [6.45, 7) is 5.74. The number of hydrogen-bond donors (Lipinski definition) is 2. The third kappa shape index (κ3) is 2.88. The third-order valence-corrected chi connectivity index (χ3v) is 3.70. The van der Waals surface area contributed by atoms with E-state index in [-0.39, 0.29) is 6.04 Å². The molecule has 1 aliphatic rings. The first-order valence-corrected chi connectivity index (χ1v) is 6.92. The Morgan fingerprint density at radius 2 is 2.14 bits per heavy atom. The normalized spacial score (nSPS) is 17.8. The van der Waals surface area contributed by atoms with Crippen LogP contribution in [0.25, 0.3) is 11.4 Å². The van der Waals surface area contributed by atoms with Crippen molar-refractivity contribution in [2.45, 2.75) is 13.0 Å². The van der Waals surface area contributed by atoms with Crippen LogP contribution >= 0.6 is 0 Å². The Hall–Kier alpha value is -1.99. The van der Waals surface area contributed by atoms with Gasteiger partial charge in [-0.05, 0) is 25.1 Å². The highest BCUT2D eigenvalue weighted by molar-refractivity contribution is 5.55. The van der Waals surface area contributed by atoms with Gasteiger partial charge in [-0.2, -0.15) is 4.98 Å². The molecule has 7 heteroatoms. The van der Waals surface area contributed by atoms with E-state index < -0.39 is 11.6 Å². The molecule has 2 aromatic rings. The van der Waals surface area contributed by atoms with Crippen molar-refractivity contribution in [1.82, 2.24) is 20.4 Å². The molecule has 21 heavy (non-hydrogen) atoms. The van der Waals surface area contributed by atoms with Crippen LogP contribution in [0.1, 0.15) is 18.9 Å². The predicted molar refractivity (Wildman–Crippen MR) is 74.2 cm³/mol. The van der Waals surface area contributed by atoms with E-state index in [0.717, 1.165) is 26.2 Å². The van der Waals surface area contributed by atoms with Gasteiger partial charge in [0.05, 0.1) is 6.04 Å². The summed E-state index contributed by atoms with van der Waals surface area (Å²) in [6, 6.07) is 4.05. The molecule has 1 aromatic carbocycles. The molecule has 6 nitrogen and oxygen atoms in total. The maximum absolute atomic E-state index is 13.4. The second-order valence-corrected chi connectivity index (χ2v) is 5.08. The van der Waals surface area contributed by atoms with Gasteiger partial charge in [-0.25, -0.2) is 4.39 Å². The van der Waals surface area contributed by atoms with Gasteiger partial charge in [0.1, 0.15) is 0 Å². The smallest absolute Gasteiger partial charge is 0.244 e. The Morgan fingerprint density at radius 3 is 2.86 bits per heavy atom. The fourth-order valence-corrected chi connectivity index (χ4v) is 2.39. The van der Waals surface area contributed by atoms with Crippen LogP contribution in [0.4, 0.5) is 4.39 Å². The van der Waals surface area contributed by atoms with Gasteiger partial charge in [-0.3, -0.25) is 4.90 Å². The Morgan fingerprint density at radius 1 is 1.38 bits per heavy atom. The Kier molecular flexibility index (Phi) is 3.85. The van der Waals surface area contributed by atoms with E-state index in [0.29, 0.717) is 17.3 Å². The maximum Gasteiger partial charge on any atom is 0.244 e. The van der Waals surface area contributed by atoms with Gasteiger partial charge < -0.3 is 14.9 Å². The minimum absolute atomic E-state index is 0.0234. The van der Waals surface area contributed by atoms with E-state index in [2.05, 4.69) is 20.4 Å². The summed E-state index contributed by atoms with van der Waals surface area (Å²) in [5, 5.41) is 16.4. The second kappa shape index (κ2) is 5.79. The van der Waals surface area contributed by atoms with Gasteiger partial charge >= 0.3 is 0 Å². The first-order valence-electron chi connectivity index (χ1n) is 6.92. The lowest BCUT2D eigenvalue weighted by Crippen LogP contribution is -2.44. The number of halogens is 1. The minimum atomic E-state index is -0.700. The molecule has 1 atom stereocenters. The highest BCUT2D eigenvalue weighted by atomic mass is 19.1. The van der Waals surface area contributed by atoms with Crippen molar-refractivity contribution in [2.75, 3.05) is 26.2 Å². The summed E-state index contributed by atoms with van der Waals surface area (Å²) >= 11 is 0. The molecular weight excluding hydrogens is 275 g/mol. The van der Waals surface area contributed by atoms with E-state index >= 15 is 0 Å². The first kappa shape index (κ1) is 14.0. The van der Waals surface area contributed by atoms with Crippen LogP contribution in [0.2, 0.25) is 0 Å². The number of phenols is 1. The van der Waals surface area contributed by atoms with Crippen LogP contribution in [0.15, 0.2) is 22.7 Å². The zero-order chi connectivity index (χ0) is 14.8. The van der Waals surface area contributed by atoms with Crippen molar-refractivity contribution < 1.29 is 14.0 Å². The quantitative estimate of drug-likeness (QED) is 0.894. The number of aromatic nitrogens is 2. The van der Waals surface area contributed by atoms with Gasteiger partial charge in [-0.15, -0.1) is 0 Å². The molecule has 3 rings (SSSR count). The van der Waals surface area contributed by atoms with Crippen LogP contribution in [-0.2, 0) is 0 Å². The summed E-state index contributed by atoms with van der Waals surface area (Å²) in [4.78, 5) is 6.59. The van der Waals surface area contributed by atoms with Crippen LogP contribution in [0, 0.1) is 5.82 Å². The standard InChI is InChI=1S/C14H17FN4O2/c1-9(19-6-4-16-5-7-19)14-17-13(18-21-14)10-2-3-12(20)11(15)8-10/h2-3,8-9,16,20H,4-7H2,1H3. The molecule has 1 aliphatic heterocycles. The molecule has 1 unspecified atom stereocenters. The lowest BCUT2D eigenvalue weighted by atomic mass is 10.2. The molecule has 1 saturated heterocycles. The molecule has 0 radical (unpaired) electrons. The lowest BCUT2D eigenvalue weighted by molar-refractivity contribution is 0.154. The number of phenolic OH excluding ortho intramolecular Hbond substituents is 1. The van der Waals surface area contributed by atoms with Crippen molar-refractivity contribution in [3.05, 3.63) is 29.9 Å². The third-order valence-electron chi connectivity index (χ3n) is 3.70. The second-order valence-electron chi connectivity index (χ2n) is 5.08. The van der Waals surface area contributed by atoms with E-state index in [1.807, 2.05) is 6.92 Å². The molecule has 1 aromatic heterocycles. The first-order chi connectivity index (χ1) is 10.1. The van der Waals surface area contributed by atoms with Gasteiger partial charge in [0.15, 0.2) is 11.6 Å². The number of nitrogens with one attached hydrogen (secondary N) is 1. The minimum Gasteiger partial charge on any atom is -0.505 e. The molecule has 0 saturated carbocycles. The molecule has 0 bridgehead atoms. The molecular formula is C14H17FN4O2. The average Bonchev–Trinajstić information content (AvgIpc) is 3.00. The number of hydrogen-bond acceptors (Lipinski definition) is 6. The van der Waals surface area contributed by atoms with Gasteiger partial charge in [0.25, 0.3) is 0 Å². The van der Waals surface area contributed by atoms with Gasteiger partial charge in [0.2, 0.25) is 11.7 Å². The fourth-order valence-electron chi connectivity index (χ4n) is 2.39. The molecule has 0 amide bonds. The Labute approximate surface area is 121 Å². The Balaban J connectivity index is 1.80. The van der Waals surface area contributed by atoms with Crippen LogP contribution in [0.3, 0.4) is 0 Å². The predicted octanol–water partition coefficient (Wildman–Crippen LogP) is 1.55. The highest BCUT2D eigenvalue weighted by Gasteiger charge is 2.23. The molecule has 2 heterocycles. The monoisotopic (exact) mass is 292 g/mol. The summed E-state index contributed by atoms with van der Waals surface area (Å²) in [7, 11) is 0. The number of rotatable bonds is 3. The van der Waals surface area contributed by atoms with Crippen molar-refractivity contribution in [1.29, 1.82) is 0 Å². The van der Waals surface area contributed by atoms with Crippen molar-refractivity contribution in [2.24, 2.45) is 0 Å². The van der Waals surface area contributed by atoms with Crippen molar-refractivity contribution in [3.63, 3.8) is 0 Å². The molecule has 2 N–H and O–H groups in total. The van der Waals surface area contributed by atoms with Gasteiger partial charge in [0, 0.05) is 31.7 Å². The maximum atomic E-state index is 13.4. The van der Waals surface area contributed by atoms with Crippen LogP contribution in [0.5, 0.6) is 5.75 Å². The largest absolute Gasteiger partial charge is 0.505 e. The number of piperazine rings is 1. The summed E-state index contributed by atoms with van der Waals surface area (Å²) in [5.41, 5.74) is 0.479. The molecule has 1 fully saturated rings. The van der Waals surface area contributed by atoms with Gasteiger partial charge in [-0.1, -0.05) is 5.16 Å². The van der Waals surface area contributed by atoms with Crippen LogP contribution in [-0.4, -0.2) is 46.3 Å². The van der Waals surface area contributed by atoms with E-state index in [1.165, 1.54) is 12.1 Å². The summed E-state index contributed by atoms with van der Waals surface area (Å²) in [6.07, 6.45) is 0. The fraction of sp³-hybridized carbons (Fsp3) is 0.429. The highest BCUT2D eigenvalue weighted by Crippen LogP contribution is 2.25. The average molecular weight is 292 g/mol. The van der Waals surface area contributed by atoms with E-state index in [9.17, 15) is 9.50 Å². The summed E-state index contributed by atoms with van der Waals surface area (Å²) in [5.74, 6) is -0.253. The molecule has 112 valence electrons. The molecule has 0 spiro atoms. The number of benzene rings is 1. The Bertz CT molecular complexity index is 625. The topological polar surface area (TPSA) is 74.4 Å². The SMILES string of the molecule is CC(c1nc(-c2ccc(O)c(F)c2)no1)N1CCNCC1. The van der Waals surface area contributed by atoms with Crippen molar-refractivity contribution >= 4 is 0 Å². The van der Waals surface area contributed by atoms with E-state index in [4.69, 9.17) is 4.52 Å². The zero-order valence-electron chi connectivity index (χ0n) is 11.7. The van der Waals surface area contributed by atoms with Crippen LogP contribution < -0.4 is 5.32 Å². The zero-order valence-corrected chi connectivity index (χ0v) is 11.7. The molecule has 0 aliphatic carbocycles. The van der Waals surface area contributed by atoms with Crippen molar-refractivity contribution in [3.8, 4) is 17.1 Å².